The highest BCUT2D eigenvalue weighted by atomic mass is 15.1. The van der Waals surface area contributed by atoms with Crippen LogP contribution >= 0.6 is 0 Å². The van der Waals surface area contributed by atoms with Crippen molar-refractivity contribution in [3.05, 3.63) is 35.9 Å². The van der Waals surface area contributed by atoms with E-state index in [-0.39, 0.29) is 0 Å². The lowest BCUT2D eigenvalue weighted by atomic mass is 9.79. The number of hydrogen-bond acceptors (Lipinski definition) is 1. The Morgan fingerprint density at radius 1 is 1.00 bits per heavy atom. The minimum Gasteiger partial charge on any atom is -0.306 e. The van der Waals surface area contributed by atoms with Crippen LogP contribution in [0.4, 0.5) is 0 Å². The third-order valence-electron chi connectivity index (χ3n) is 4.65. The predicted molar refractivity (Wildman–Crippen MR) is 67.5 cm³/mol. The monoisotopic (exact) mass is 215 g/mol. The highest BCUT2D eigenvalue weighted by molar-refractivity contribution is 5.26. The Morgan fingerprint density at radius 2 is 1.69 bits per heavy atom. The lowest BCUT2D eigenvalue weighted by Crippen LogP contribution is -2.38. The normalized spacial score (nSPS) is 37.2. The lowest BCUT2D eigenvalue weighted by molar-refractivity contribution is 0.185. The van der Waals surface area contributed by atoms with Gasteiger partial charge in [-0.3, -0.25) is 0 Å². The van der Waals surface area contributed by atoms with Crippen molar-refractivity contribution in [1.82, 2.24) is 4.90 Å². The molecular weight excluding hydrogens is 194 g/mol. The van der Waals surface area contributed by atoms with Gasteiger partial charge in [0.25, 0.3) is 0 Å². The van der Waals surface area contributed by atoms with Crippen molar-refractivity contribution in [2.75, 3.05) is 14.1 Å². The van der Waals surface area contributed by atoms with E-state index in [4.69, 9.17) is 0 Å². The van der Waals surface area contributed by atoms with E-state index in [0.717, 1.165) is 23.8 Å². The molecule has 0 radical (unpaired) electrons. The summed E-state index contributed by atoms with van der Waals surface area (Å²) in [6, 6.07) is 11.9. The molecule has 1 aromatic rings. The van der Waals surface area contributed by atoms with Crippen LogP contribution in [0.2, 0.25) is 0 Å². The molecule has 0 aromatic heterocycles. The van der Waals surface area contributed by atoms with E-state index >= 15 is 0 Å². The molecule has 0 N–H and O–H groups in total. The maximum Gasteiger partial charge on any atom is 0.0189 e. The molecule has 0 spiro atoms. The lowest BCUT2D eigenvalue weighted by Gasteiger charge is -2.36. The average Bonchev–Trinajstić information content (AvgIpc) is 2.89. The molecule has 2 saturated carbocycles. The zero-order valence-corrected chi connectivity index (χ0v) is 10.3. The summed E-state index contributed by atoms with van der Waals surface area (Å²) in [4.78, 5) is 2.46. The van der Waals surface area contributed by atoms with Gasteiger partial charge in [-0.05, 0) is 50.8 Å². The molecule has 4 unspecified atom stereocenters. The number of rotatable bonds is 2. The van der Waals surface area contributed by atoms with Gasteiger partial charge in [-0.1, -0.05) is 30.3 Å². The Balaban J connectivity index is 1.94. The summed E-state index contributed by atoms with van der Waals surface area (Å²) in [7, 11) is 4.50. The van der Waals surface area contributed by atoms with Crippen molar-refractivity contribution in [2.24, 2.45) is 11.8 Å². The van der Waals surface area contributed by atoms with Gasteiger partial charge in [-0.2, -0.15) is 0 Å². The van der Waals surface area contributed by atoms with E-state index in [1.807, 2.05) is 0 Å². The molecule has 2 fully saturated rings. The molecule has 4 atom stereocenters. The number of likely N-dealkylation sites (N-methyl/N-ethyl adjacent to an activating group) is 1. The zero-order chi connectivity index (χ0) is 11.1. The van der Waals surface area contributed by atoms with E-state index in [9.17, 15) is 0 Å². The quantitative estimate of drug-likeness (QED) is 0.732. The molecule has 2 aliphatic rings. The fourth-order valence-electron chi connectivity index (χ4n) is 4.15. The van der Waals surface area contributed by atoms with Gasteiger partial charge in [0.2, 0.25) is 0 Å². The number of benzene rings is 1. The van der Waals surface area contributed by atoms with Gasteiger partial charge in [0.15, 0.2) is 0 Å². The van der Waals surface area contributed by atoms with E-state index < -0.39 is 0 Å². The van der Waals surface area contributed by atoms with Crippen LogP contribution in [0, 0.1) is 11.8 Å². The van der Waals surface area contributed by atoms with Gasteiger partial charge in [0.1, 0.15) is 0 Å². The van der Waals surface area contributed by atoms with Crippen LogP contribution < -0.4 is 0 Å². The summed E-state index contributed by atoms with van der Waals surface area (Å²) in [5, 5.41) is 0. The molecule has 1 aromatic carbocycles. The first-order chi connectivity index (χ1) is 7.77. The summed E-state index contributed by atoms with van der Waals surface area (Å²) in [6.45, 7) is 0. The van der Waals surface area contributed by atoms with Crippen molar-refractivity contribution >= 4 is 0 Å². The first kappa shape index (κ1) is 10.3. The van der Waals surface area contributed by atoms with Crippen LogP contribution in [0.1, 0.15) is 30.7 Å². The summed E-state index contributed by atoms with van der Waals surface area (Å²) in [6.07, 6.45) is 4.37. The van der Waals surface area contributed by atoms with Gasteiger partial charge in [0.05, 0.1) is 0 Å². The molecular formula is C15H21N. The van der Waals surface area contributed by atoms with E-state index in [2.05, 4.69) is 49.3 Å². The molecule has 0 heterocycles. The highest BCUT2D eigenvalue weighted by Gasteiger charge is 2.48. The Bertz CT molecular complexity index is 357. The fraction of sp³-hybridized carbons (Fsp3) is 0.600. The molecule has 0 amide bonds. The molecule has 86 valence electrons. The van der Waals surface area contributed by atoms with Crippen LogP contribution in [-0.4, -0.2) is 25.0 Å². The molecule has 1 nitrogen and oxygen atoms in total. The highest BCUT2D eigenvalue weighted by Crippen LogP contribution is 2.54. The van der Waals surface area contributed by atoms with Gasteiger partial charge < -0.3 is 4.90 Å². The molecule has 0 saturated heterocycles. The Hall–Kier alpha value is -0.820. The zero-order valence-electron chi connectivity index (χ0n) is 10.3. The maximum atomic E-state index is 2.46. The second kappa shape index (κ2) is 3.89. The minimum absolute atomic E-state index is 0.779. The van der Waals surface area contributed by atoms with Crippen molar-refractivity contribution < 1.29 is 0 Å². The summed E-state index contributed by atoms with van der Waals surface area (Å²) >= 11 is 0. The second-order valence-electron chi connectivity index (χ2n) is 5.72. The second-order valence-corrected chi connectivity index (χ2v) is 5.72. The van der Waals surface area contributed by atoms with Gasteiger partial charge >= 0.3 is 0 Å². The molecule has 1 heteroatoms. The van der Waals surface area contributed by atoms with Gasteiger partial charge in [-0.15, -0.1) is 0 Å². The van der Waals surface area contributed by atoms with Crippen molar-refractivity contribution in [1.29, 1.82) is 0 Å². The van der Waals surface area contributed by atoms with Crippen LogP contribution in [0.25, 0.3) is 0 Å². The van der Waals surface area contributed by atoms with Gasteiger partial charge in [0, 0.05) is 12.0 Å². The molecule has 2 bridgehead atoms. The average molecular weight is 215 g/mol. The number of nitrogens with zero attached hydrogens (tertiary/aromatic N) is 1. The number of fused-ring (bicyclic) bond motifs is 2. The SMILES string of the molecule is CN(C)C1C2CCC(C2)C1c1ccccc1. The molecule has 16 heavy (non-hydrogen) atoms. The van der Waals surface area contributed by atoms with E-state index in [1.54, 1.807) is 5.56 Å². The summed E-state index contributed by atoms with van der Waals surface area (Å²) < 4.78 is 0. The van der Waals surface area contributed by atoms with Crippen LogP contribution in [0.3, 0.4) is 0 Å². The Morgan fingerprint density at radius 3 is 2.38 bits per heavy atom. The van der Waals surface area contributed by atoms with Crippen molar-refractivity contribution in [3.63, 3.8) is 0 Å². The largest absolute Gasteiger partial charge is 0.306 e. The van der Waals surface area contributed by atoms with Crippen LogP contribution in [0.15, 0.2) is 30.3 Å². The molecule has 0 aliphatic heterocycles. The fourth-order valence-corrected chi connectivity index (χ4v) is 4.15. The van der Waals surface area contributed by atoms with Gasteiger partial charge in [-0.25, -0.2) is 0 Å². The topological polar surface area (TPSA) is 3.24 Å². The molecule has 2 aliphatic carbocycles. The van der Waals surface area contributed by atoms with E-state index in [1.165, 1.54) is 19.3 Å². The minimum atomic E-state index is 0.779. The van der Waals surface area contributed by atoms with E-state index in [0.29, 0.717) is 0 Å². The standard InChI is InChI=1S/C15H21N/c1-16(2)15-13-9-8-12(10-13)14(15)11-6-4-3-5-7-11/h3-7,12-15H,8-10H2,1-2H3. The smallest absolute Gasteiger partial charge is 0.0189 e. The Kier molecular flexibility index (Phi) is 2.51. The number of hydrogen-bond donors (Lipinski definition) is 0. The first-order valence-corrected chi connectivity index (χ1v) is 6.48. The summed E-state index contributed by atoms with van der Waals surface area (Å²) in [5.74, 6) is 2.68. The third kappa shape index (κ3) is 1.49. The van der Waals surface area contributed by atoms with Crippen molar-refractivity contribution in [2.45, 2.75) is 31.2 Å². The summed E-state index contributed by atoms with van der Waals surface area (Å²) in [5.41, 5.74) is 1.56. The van der Waals surface area contributed by atoms with Crippen LogP contribution in [-0.2, 0) is 0 Å². The third-order valence-corrected chi connectivity index (χ3v) is 4.65. The maximum absolute atomic E-state index is 2.46. The van der Waals surface area contributed by atoms with Crippen molar-refractivity contribution in [3.8, 4) is 0 Å². The molecule has 3 rings (SSSR count). The van der Waals surface area contributed by atoms with Crippen LogP contribution in [0.5, 0.6) is 0 Å². The first-order valence-electron chi connectivity index (χ1n) is 6.48. The predicted octanol–water partition coefficient (Wildman–Crippen LogP) is 3.13. The Labute approximate surface area is 98.5 Å².